The predicted molar refractivity (Wildman–Crippen MR) is 113 cm³/mol. The van der Waals surface area contributed by atoms with Crippen LogP contribution in [0.4, 0.5) is 22.7 Å². The molecule has 1 fully saturated rings. The van der Waals surface area contributed by atoms with E-state index in [1.807, 2.05) is 38.1 Å². The molecule has 156 valence electrons. The van der Waals surface area contributed by atoms with E-state index in [-0.39, 0.29) is 24.5 Å². The standard InChI is InChI=1S/C21H28N4O4/c1-14(2)21(27)24-19-11-22-20(28-3)10-18(19)23-15-4-6-16(7-5-15)25-12-17(13-25)29-9-8-26/h4-7,10-11,14,17,26H,8-9,12-13H2,1-3H3,(H,22,23)(H,24,27). The van der Waals surface area contributed by atoms with Gasteiger partial charge in [0.05, 0.1) is 44.0 Å². The molecule has 0 bridgehead atoms. The van der Waals surface area contributed by atoms with E-state index in [0.29, 0.717) is 23.9 Å². The van der Waals surface area contributed by atoms with Gasteiger partial charge in [0.2, 0.25) is 11.8 Å². The number of hydrogen-bond donors (Lipinski definition) is 3. The topological polar surface area (TPSA) is 96.0 Å². The summed E-state index contributed by atoms with van der Waals surface area (Å²) < 4.78 is 10.7. The molecule has 0 spiro atoms. The van der Waals surface area contributed by atoms with Gasteiger partial charge in [-0.25, -0.2) is 4.98 Å². The van der Waals surface area contributed by atoms with Crippen molar-refractivity contribution in [3.05, 3.63) is 36.5 Å². The molecule has 1 aliphatic heterocycles. The van der Waals surface area contributed by atoms with Gasteiger partial charge in [0.25, 0.3) is 0 Å². The summed E-state index contributed by atoms with van der Waals surface area (Å²) in [5, 5.41) is 15.0. The largest absolute Gasteiger partial charge is 0.481 e. The normalized spacial score (nSPS) is 13.9. The van der Waals surface area contributed by atoms with Gasteiger partial charge in [-0.05, 0) is 24.3 Å². The van der Waals surface area contributed by atoms with Crippen LogP contribution in [0.5, 0.6) is 5.88 Å². The number of aromatic nitrogens is 1. The number of hydrogen-bond acceptors (Lipinski definition) is 7. The van der Waals surface area contributed by atoms with Crippen LogP contribution in [0.1, 0.15) is 13.8 Å². The van der Waals surface area contributed by atoms with Gasteiger partial charge in [-0.1, -0.05) is 13.8 Å². The molecule has 1 aromatic carbocycles. The van der Waals surface area contributed by atoms with Gasteiger partial charge in [0, 0.05) is 36.4 Å². The number of amides is 1. The van der Waals surface area contributed by atoms with Crippen molar-refractivity contribution < 1.29 is 19.4 Å². The van der Waals surface area contributed by atoms with Crippen molar-refractivity contribution in [1.82, 2.24) is 4.98 Å². The third-order valence-corrected chi connectivity index (χ3v) is 4.67. The average Bonchev–Trinajstić information content (AvgIpc) is 2.69. The van der Waals surface area contributed by atoms with Crippen LogP contribution in [0.2, 0.25) is 0 Å². The maximum atomic E-state index is 12.1. The molecule has 0 saturated carbocycles. The number of carbonyl (C=O) groups excluding carboxylic acids is 1. The Hall–Kier alpha value is -2.84. The monoisotopic (exact) mass is 400 g/mol. The van der Waals surface area contributed by atoms with Crippen molar-refractivity contribution in [2.45, 2.75) is 20.0 Å². The lowest BCUT2D eigenvalue weighted by Gasteiger charge is -2.40. The lowest BCUT2D eigenvalue weighted by molar-refractivity contribution is -0.118. The Morgan fingerprint density at radius 3 is 2.62 bits per heavy atom. The second-order valence-corrected chi connectivity index (χ2v) is 7.21. The Balaban J connectivity index is 1.67. The molecule has 1 amide bonds. The summed E-state index contributed by atoms with van der Waals surface area (Å²) >= 11 is 0. The Morgan fingerprint density at radius 1 is 1.28 bits per heavy atom. The van der Waals surface area contributed by atoms with Crippen LogP contribution in [0.3, 0.4) is 0 Å². The zero-order valence-corrected chi connectivity index (χ0v) is 17.0. The number of nitrogens with one attached hydrogen (secondary N) is 2. The van der Waals surface area contributed by atoms with Crippen molar-refractivity contribution in [2.75, 3.05) is 48.9 Å². The van der Waals surface area contributed by atoms with Crippen LogP contribution >= 0.6 is 0 Å². The van der Waals surface area contributed by atoms with E-state index in [1.165, 1.54) is 0 Å². The minimum Gasteiger partial charge on any atom is -0.481 e. The van der Waals surface area contributed by atoms with E-state index < -0.39 is 0 Å². The first-order valence-electron chi connectivity index (χ1n) is 9.69. The molecule has 0 unspecified atom stereocenters. The molecule has 1 aliphatic rings. The fraction of sp³-hybridized carbons (Fsp3) is 0.429. The van der Waals surface area contributed by atoms with Crippen LogP contribution in [-0.4, -0.2) is 55.5 Å². The third-order valence-electron chi connectivity index (χ3n) is 4.67. The summed E-state index contributed by atoms with van der Waals surface area (Å²) in [7, 11) is 1.55. The van der Waals surface area contributed by atoms with E-state index >= 15 is 0 Å². The minimum atomic E-state index is -0.133. The summed E-state index contributed by atoms with van der Waals surface area (Å²) in [6.07, 6.45) is 1.76. The highest BCUT2D eigenvalue weighted by molar-refractivity contribution is 5.95. The number of nitrogens with zero attached hydrogens (tertiary/aromatic N) is 2. The Kier molecular flexibility index (Phi) is 6.90. The second kappa shape index (κ2) is 9.58. The van der Waals surface area contributed by atoms with Gasteiger partial charge in [-0.3, -0.25) is 4.79 Å². The van der Waals surface area contributed by atoms with E-state index in [2.05, 4.69) is 20.5 Å². The predicted octanol–water partition coefficient (Wildman–Crippen LogP) is 2.63. The van der Waals surface area contributed by atoms with Crippen molar-refractivity contribution in [1.29, 1.82) is 0 Å². The number of ether oxygens (including phenoxy) is 2. The molecule has 0 atom stereocenters. The highest BCUT2D eigenvalue weighted by Crippen LogP contribution is 2.30. The molecule has 29 heavy (non-hydrogen) atoms. The molecule has 1 aromatic heterocycles. The molecule has 0 aliphatic carbocycles. The Bertz CT molecular complexity index is 820. The van der Waals surface area contributed by atoms with Gasteiger partial charge in [-0.2, -0.15) is 0 Å². The highest BCUT2D eigenvalue weighted by atomic mass is 16.5. The number of benzene rings is 1. The molecule has 3 rings (SSSR count). The van der Waals surface area contributed by atoms with E-state index in [9.17, 15) is 4.79 Å². The lowest BCUT2D eigenvalue weighted by Crippen LogP contribution is -2.52. The molecule has 3 N–H and O–H groups in total. The first-order chi connectivity index (χ1) is 14.0. The van der Waals surface area contributed by atoms with E-state index in [1.54, 1.807) is 19.4 Å². The van der Waals surface area contributed by atoms with Crippen LogP contribution in [0.15, 0.2) is 36.5 Å². The number of aliphatic hydroxyl groups excluding tert-OH is 1. The van der Waals surface area contributed by atoms with Gasteiger partial charge >= 0.3 is 0 Å². The van der Waals surface area contributed by atoms with Crippen molar-refractivity contribution in [3.8, 4) is 5.88 Å². The summed E-state index contributed by atoms with van der Waals surface area (Å²) in [4.78, 5) is 18.5. The van der Waals surface area contributed by atoms with Crippen LogP contribution in [0.25, 0.3) is 0 Å². The fourth-order valence-electron chi connectivity index (χ4n) is 2.91. The fourth-order valence-corrected chi connectivity index (χ4v) is 2.91. The van der Waals surface area contributed by atoms with Crippen molar-refractivity contribution in [2.24, 2.45) is 5.92 Å². The van der Waals surface area contributed by atoms with Crippen LogP contribution in [0, 0.1) is 5.92 Å². The Labute approximate surface area is 170 Å². The molecular weight excluding hydrogens is 372 g/mol. The van der Waals surface area contributed by atoms with Gasteiger partial charge in [0.15, 0.2) is 0 Å². The third kappa shape index (κ3) is 5.36. The molecular formula is C21H28N4O4. The number of aliphatic hydroxyl groups is 1. The first kappa shape index (κ1) is 20.9. The molecule has 8 nitrogen and oxygen atoms in total. The number of methoxy groups -OCH3 is 1. The number of rotatable bonds is 9. The lowest BCUT2D eigenvalue weighted by atomic mass is 10.1. The van der Waals surface area contributed by atoms with Gasteiger partial charge in [-0.15, -0.1) is 0 Å². The molecule has 1 saturated heterocycles. The van der Waals surface area contributed by atoms with Crippen molar-refractivity contribution >= 4 is 28.7 Å². The smallest absolute Gasteiger partial charge is 0.227 e. The number of carbonyl (C=O) groups is 1. The molecule has 2 heterocycles. The maximum absolute atomic E-state index is 12.1. The van der Waals surface area contributed by atoms with Gasteiger partial charge < -0.3 is 30.1 Å². The zero-order chi connectivity index (χ0) is 20.8. The van der Waals surface area contributed by atoms with E-state index in [4.69, 9.17) is 14.6 Å². The Morgan fingerprint density at radius 2 is 2.00 bits per heavy atom. The van der Waals surface area contributed by atoms with Crippen molar-refractivity contribution in [3.63, 3.8) is 0 Å². The average molecular weight is 400 g/mol. The molecule has 0 radical (unpaired) electrons. The van der Waals surface area contributed by atoms with Crippen LogP contribution < -0.4 is 20.3 Å². The number of anilines is 4. The summed E-state index contributed by atoms with van der Waals surface area (Å²) in [6.45, 7) is 5.75. The molecule has 8 heteroatoms. The number of pyridine rings is 1. The van der Waals surface area contributed by atoms with E-state index in [0.717, 1.165) is 24.5 Å². The zero-order valence-electron chi connectivity index (χ0n) is 17.0. The maximum Gasteiger partial charge on any atom is 0.227 e. The van der Waals surface area contributed by atoms with Crippen LogP contribution in [-0.2, 0) is 9.53 Å². The minimum absolute atomic E-state index is 0.0519. The second-order valence-electron chi connectivity index (χ2n) is 7.21. The quantitative estimate of drug-likeness (QED) is 0.595. The summed E-state index contributed by atoms with van der Waals surface area (Å²) in [5.41, 5.74) is 3.30. The summed E-state index contributed by atoms with van der Waals surface area (Å²) in [5.74, 6) is 0.248. The molecule has 2 aromatic rings. The highest BCUT2D eigenvalue weighted by Gasteiger charge is 2.27. The SMILES string of the molecule is COc1cc(Nc2ccc(N3CC(OCCO)C3)cc2)c(NC(=O)C(C)C)cn1. The van der Waals surface area contributed by atoms with Gasteiger partial charge in [0.1, 0.15) is 0 Å². The summed E-state index contributed by atoms with van der Waals surface area (Å²) in [6, 6.07) is 9.80. The first-order valence-corrected chi connectivity index (χ1v) is 9.69.